The summed E-state index contributed by atoms with van der Waals surface area (Å²) in [6.45, 7) is 9.27. The highest BCUT2D eigenvalue weighted by Gasteiger charge is 2.46. The number of hydrogen-bond acceptors (Lipinski definition) is 13. The minimum Gasteiger partial charge on any atom is -0.388 e. The first-order valence-electron chi connectivity index (χ1n) is 16.2. The number of aliphatic hydroxyl groups is 4. The van der Waals surface area contributed by atoms with Crippen LogP contribution >= 0.6 is 13.8 Å². The topological polar surface area (TPSA) is 242 Å². The van der Waals surface area contributed by atoms with Gasteiger partial charge in [-0.15, -0.1) is 26.4 Å². The SMILES string of the molecule is C.C=P(C)(C)CC[C@H]1OC(n2c(N)nc3c(=O)[nH]c(C)nc32)[C@H](O)[C@@H]1O.C=P(C)(C)CC[C@H]1OC(n2cnc3c(=O)n(C)c(C)nc32)[C@H](O)[C@@H]1O. The van der Waals surface area contributed by atoms with E-state index in [1.807, 2.05) is 0 Å². The zero-order valence-electron chi connectivity index (χ0n) is 29.5. The van der Waals surface area contributed by atoms with Gasteiger partial charge in [0.25, 0.3) is 11.1 Å². The number of aliphatic hydroxyl groups excluding tert-OH is 4. The summed E-state index contributed by atoms with van der Waals surface area (Å²) >= 11 is 0. The summed E-state index contributed by atoms with van der Waals surface area (Å²) in [4.78, 5) is 43.7. The Morgan fingerprint density at radius 3 is 1.92 bits per heavy atom. The van der Waals surface area contributed by atoms with Gasteiger partial charge >= 0.3 is 0 Å². The van der Waals surface area contributed by atoms with E-state index in [0.29, 0.717) is 30.1 Å². The molecule has 0 spiro atoms. The highest BCUT2D eigenvalue weighted by Crippen LogP contribution is 2.41. The molecule has 4 aromatic rings. The average Bonchev–Trinajstić information content (AvgIpc) is 3.73. The Hall–Kier alpha value is -3.14. The number of aromatic nitrogens is 8. The van der Waals surface area contributed by atoms with E-state index < -0.39 is 68.4 Å². The van der Waals surface area contributed by atoms with E-state index in [9.17, 15) is 30.0 Å². The lowest BCUT2D eigenvalue weighted by atomic mass is 10.1. The van der Waals surface area contributed by atoms with Gasteiger partial charge in [0.15, 0.2) is 34.8 Å². The van der Waals surface area contributed by atoms with Crippen molar-refractivity contribution in [1.29, 1.82) is 0 Å². The molecule has 17 nitrogen and oxygen atoms in total. The van der Waals surface area contributed by atoms with Crippen LogP contribution < -0.4 is 16.9 Å². The molecule has 8 atom stereocenters. The monoisotopic (exact) mass is 753 g/mol. The standard InChI is InChI=1S/C16H25N4O4P.C15H24N5O4P.CH4/c1-9-18-14-11(15(23)19(9)2)17-8-20(14)16-13(22)12(21)10(24-16)6-7-25(3,4)5;1-7-17-12-9(13(23)18-7)19-15(16)20(12)14-11(22)10(21)8(24-14)5-6-25(2,3)4;/h8,10,12-13,16,21-22H,3,6-7H2,1-2,4-5H3;8,10-11,14,21-22H,2,5-6H2,1,3-4H3,(H2,16,19)(H,17,18,23);1H4/t10-,12-,13-,16?;8-,10-,11-,14?;/m11./s1. The molecule has 19 heteroatoms. The van der Waals surface area contributed by atoms with Gasteiger partial charge in [-0.3, -0.25) is 23.3 Å². The van der Waals surface area contributed by atoms with Gasteiger partial charge < -0.3 is 40.6 Å². The molecule has 2 fully saturated rings. The summed E-state index contributed by atoms with van der Waals surface area (Å²) < 4.78 is 16.1. The zero-order valence-corrected chi connectivity index (χ0v) is 31.3. The summed E-state index contributed by atoms with van der Waals surface area (Å²) in [5.74, 6) is 0.930. The molecular formula is C32H53N9O8P2. The number of ether oxygens (including phenoxy) is 2. The molecule has 2 unspecified atom stereocenters. The number of nitrogen functional groups attached to an aromatic ring is 1. The van der Waals surface area contributed by atoms with E-state index in [2.05, 4.69) is 64.2 Å². The van der Waals surface area contributed by atoms with Gasteiger partial charge in [-0.1, -0.05) is 7.43 Å². The minimum atomic E-state index is -1.28. The van der Waals surface area contributed by atoms with Crippen LogP contribution in [0.25, 0.3) is 22.3 Å². The fourth-order valence-electron chi connectivity index (χ4n) is 6.03. The molecule has 0 bridgehead atoms. The van der Waals surface area contributed by atoms with Crippen LogP contribution in [0.2, 0.25) is 0 Å². The Bertz CT molecular complexity index is 2100. The van der Waals surface area contributed by atoms with Crippen molar-refractivity contribution in [2.45, 2.75) is 83.2 Å². The quantitative estimate of drug-likeness (QED) is 0.135. The molecule has 2 aliphatic rings. The predicted molar refractivity (Wildman–Crippen MR) is 204 cm³/mol. The van der Waals surface area contributed by atoms with Crippen LogP contribution in [0.15, 0.2) is 15.9 Å². The average molecular weight is 754 g/mol. The first-order chi connectivity index (χ1) is 23.2. The van der Waals surface area contributed by atoms with Gasteiger partial charge in [-0.2, -0.15) is 0 Å². The molecule has 0 amide bonds. The van der Waals surface area contributed by atoms with Crippen molar-refractivity contribution in [3.8, 4) is 0 Å². The molecule has 6 heterocycles. The Kier molecular flexibility index (Phi) is 12.0. The lowest BCUT2D eigenvalue weighted by Crippen LogP contribution is -2.32. The summed E-state index contributed by atoms with van der Waals surface area (Å²) in [5, 5.41) is 41.6. The van der Waals surface area contributed by atoms with Crippen molar-refractivity contribution in [2.24, 2.45) is 7.05 Å². The number of anilines is 1. The maximum atomic E-state index is 12.3. The van der Waals surface area contributed by atoms with E-state index in [1.165, 1.54) is 20.0 Å². The molecule has 284 valence electrons. The second-order valence-corrected chi connectivity index (χ2v) is 23.1. The van der Waals surface area contributed by atoms with Crippen LogP contribution in [-0.4, -0.2) is 147 Å². The maximum Gasteiger partial charge on any atom is 0.281 e. The second kappa shape index (κ2) is 15.1. The second-order valence-electron chi connectivity index (χ2n) is 14.5. The van der Waals surface area contributed by atoms with E-state index in [0.717, 1.165) is 12.3 Å². The Morgan fingerprint density at radius 2 is 1.37 bits per heavy atom. The number of H-pyrrole nitrogens is 1. The number of nitrogens with one attached hydrogen (secondary N) is 1. The molecule has 4 aromatic heterocycles. The molecule has 2 saturated heterocycles. The molecule has 0 radical (unpaired) electrons. The van der Waals surface area contributed by atoms with Gasteiger partial charge in [-0.05, 0) is 65.7 Å². The summed E-state index contributed by atoms with van der Waals surface area (Å²) in [6, 6.07) is 0. The van der Waals surface area contributed by atoms with Crippen LogP contribution in [0, 0.1) is 13.8 Å². The number of aromatic amines is 1. The predicted octanol–water partition coefficient (Wildman–Crippen LogP) is 0.522. The molecular weight excluding hydrogens is 700 g/mol. The third-order valence-corrected chi connectivity index (χ3v) is 11.9. The smallest absolute Gasteiger partial charge is 0.281 e. The number of rotatable bonds is 8. The summed E-state index contributed by atoms with van der Waals surface area (Å²) in [6.07, 6.45) is 5.46. The van der Waals surface area contributed by atoms with Crippen molar-refractivity contribution in [1.82, 2.24) is 38.6 Å². The first kappa shape index (κ1) is 40.6. The number of hydrogen-bond donors (Lipinski definition) is 6. The third kappa shape index (κ3) is 8.42. The van der Waals surface area contributed by atoms with Crippen molar-refractivity contribution in [3.63, 3.8) is 0 Å². The van der Waals surface area contributed by atoms with Crippen LogP contribution in [-0.2, 0) is 16.5 Å². The Balaban J connectivity index is 0.000000224. The van der Waals surface area contributed by atoms with Gasteiger partial charge in [0.05, 0.1) is 18.5 Å². The third-order valence-electron chi connectivity index (χ3n) is 8.97. The number of aryl methyl sites for hydroxylation is 2. The fraction of sp³-hybridized carbons (Fsp3) is 0.625. The van der Waals surface area contributed by atoms with E-state index >= 15 is 0 Å². The number of fused-ring (bicyclic) bond motifs is 2. The van der Waals surface area contributed by atoms with Gasteiger partial charge in [0.1, 0.15) is 36.1 Å². The van der Waals surface area contributed by atoms with E-state index in [1.54, 1.807) is 20.9 Å². The molecule has 51 heavy (non-hydrogen) atoms. The van der Waals surface area contributed by atoms with Crippen molar-refractivity contribution in [3.05, 3.63) is 38.7 Å². The van der Waals surface area contributed by atoms with Crippen molar-refractivity contribution >= 4 is 54.6 Å². The molecule has 6 rings (SSSR count). The van der Waals surface area contributed by atoms with Gasteiger partial charge in [0, 0.05) is 7.05 Å². The first-order valence-corrected chi connectivity index (χ1v) is 22.3. The molecule has 7 N–H and O–H groups in total. The lowest BCUT2D eigenvalue weighted by Gasteiger charge is -2.19. The Morgan fingerprint density at radius 1 is 0.843 bits per heavy atom. The van der Waals surface area contributed by atoms with E-state index in [-0.39, 0.29) is 35.6 Å². The van der Waals surface area contributed by atoms with E-state index in [4.69, 9.17) is 15.2 Å². The summed E-state index contributed by atoms with van der Waals surface area (Å²) in [5.41, 5.74) is 6.12. The van der Waals surface area contributed by atoms with Crippen molar-refractivity contribution < 1.29 is 29.9 Å². The minimum absolute atomic E-state index is 0. The van der Waals surface area contributed by atoms with Crippen LogP contribution in [0.5, 0.6) is 0 Å². The Labute approximate surface area is 296 Å². The largest absolute Gasteiger partial charge is 0.388 e. The fourth-order valence-corrected chi connectivity index (χ4v) is 7.94. The molecule has 0 aromatic carbocycles. The molecule has 2 aliphatic heterocycles. The highest BCUT2D eigenvalue weighted by atomic mass is 31.2. The highest BCUT2D eigenvalue weighted by molar-refractivity contribution is 7.72. The van der Waals surface area contributed by atoms with Gasteiger partial charge in [-0.25, -0.2) is 19.9 Å². The zero-order chi connectivity index (χ0) is 37.0. The maximum absolute atomic E-state index is 12.3. The summed E-state index contributed by atoms with van der Waals surface area (Å²) in [7, 11) is 1.63. The molecule has 0 saturated carbocycles. The van der Waals surface area contributed by atoms with Crippen LogP contribution in [0.3, 0.4) is 0 Å². The molecule has 0 aliphatic carbocycles. The number of nitrogens with two attached hydrogens (primary N) is 1. The van der Waals surface area contributed by atoms with Gasteiger partial charge in [0.2, 0.25) is 5.95 Å². The normalized spacial score (nSPS) is 26.7. The van der Waals surface area contributed by atoms with Crippen LogP contribution in [0.1, 0.15) is 44.4 Å². The number of imidazole rings is 2. The lowest BCUT2D eigenvalue weighted by molar-refractivity contribution is -0.0353. The number of nitrogens with zero attached hydrogens (tertiary/aromatic N) is 7. The van der Waals surface area contributed by atoms with Crippen molar-refractivity contribution in [2.75, 3.05) is 44.7 Å². The van der Waals surface area contributed by atoms with Crippen LogP contribution in [0.4, 0.5) is 5.95 Å².